The summed E-state index contributed by atoms with van der Waals surface area (Å²) in [4.78, 5) is 19.3. The normalized spacial score (nSPS) is 20.4. The van der Waals surface area contributed by atoms with Gasteiger partial charge in [-0.3, -0.25) is 9.69 Å². The molecule has 0 bridgehead atoms. The van der Waals surface area contributed by atoms with Crippen LogP contribution >= 0.6 is 11.6 Å². The van der Waals surface area contributed by atoms with Crippen LogP contribution in [0.15, 0.2) is 42.5 Å². The van der Waals surface area contributed by atoms with Gasteiger partial charge in [-0.15, -0.1) is 0 Å². The Balaban J connectivity index is 1.30. The fourth-order valence-electron chi connectivity index (χ4n) is 4.09. The molecular formula is C23H27ClFN3O2. The molecule has 2 aromatic carbocycles. The molecule has 2 heterocycles. The van der Waals surface area contributed by atoms with Crippen molar-refractivity contribution in [1.82, 2.24) is 9.80 Å². The maximum absolute atomic E-state index is 13.4. The van der Waals surface area contributed by atoms with E-state index in [4.69, 9.17) is 16.3 Å². The number of ether oxygens (including phenoxy) is 1. The second-order valence-corrected chi connectivity index (χ2v) is 8.38. The van der Waals surface area contributed by atoms with Crippen molar-refractivity contribution in [3.05, 3.63) is 64.4 Å². The molecule has 7 heteroatoms. The summed E-state index contributed by atoms with van der Waals surface area (Å²) in [7, 11) is 0. The fourth-order valence-corrected chi connectivity index (χ4v) is 4.28. The van der Waals surface area contributed by atoms with Gasteiger partial charge in [0.25, 0.3) is 0 Å². The Morgan fingerprint density at radius 2 is 1.93 bits per heavy atom. The predicted molar refractivity (Wildman–Crippen MR) is 117 cm³/mol. The highest BCUT2D eigenvalue weighted by Crippen LogP contribution is 2.26. The highest BCUT2D eigenvalue weighted by molar-refractivity contribution is 6.30. The van der Waals surface area contributed by atoms with Crippen molar-refractivity contribution >= 4 is 23.2 Å². The van der Waals surface area contributed by atoms with E-state index < -0.39 is 5.82 Å². The zero-order chi connectivity index (χ0) is 21.1. The van der Waals surface area contributed by atoms with Gasteiger partial charge in [0.1, 0.15) is 5.82 Å². The number of benzene rings is 2. The number of hydrogen-bond donors (Lipinski definition) is 0. The first-order valence-electron chi connectivity index (χ1n) is 10.4. The van der Waals surface area contributed by atoms with Gasteiger partial charge in [0, 0.05) is 45.0 Å². The molecule has 2 aliphatic rings. The quantitative estimate of drug-likeness (QED) is 0.742. The van der Waals surface area contributed by atoms with Gasteiger partial charge in [0.15, 0.2) is 0 Å². The average Bonchev–Trinajstić information content (AvgIpc) is 2.76. The molecule has 0 aliphatic carbocycles. The fraction of sp³-hybridized carbons (Fsp3) is 0.435. The lowest BCUT2D eigenvalue weighted by molar-refractivity contribution is -0.134. The zero-order valence-corrected chi connectivity index (χ0v) is 17.9. The van der Waals surface area contributed by atoms with Crippen LogP contribution in [0.25, 0.3) is 0 Å². The second kappa shape index (κ2) is 9.33. The van der Waals surface area contributed by atoms with Gasteiger partial charge in [-0.1, -0.05) is 29.8 Å². The Morgan fingerprint density at radius 3 is 2.67 bits per heavy atom. The average molecular weight is 432 g/mol. The van der Waals surface area contributed by atoms with Gasteiger partial charge in [-0.25, -0.2) is 4.39 Å². The maximum Gasteiger partial charge on any atom is 0.236 e. The van der Waals surface area contributed by atoms with Crippen LogP contribution in [0.4, 0.5) is 10.1 Å². The van der Waals surface area contributed by atoms with Gasteiger partial charge in [-0.2, -0.15) is 0 Å². The molecule has 1 amide bonds. The SMILES string of the molecule is Cc1cccc(N2CCN(C(=O)CN3CCOC(c4ccc(F)c(Cl)c4)C3)CC2)c1. The summed E-state index contributed by atoms with van der Waals surface area (Å²) in [6.45, 7) is 7.45. The first kappa shape index (κ1) is 21.1. The van der Waals surface area contributed by atoms with Crippen LogP contribution in [0, 0.1) is 12.7 Å². The molecule has 30 heavy (non-hydrogen) atoms. The molecule has 1 unspecified atom stereocenters. The molecule has 1 atom stereocenters. The van der Waals surface area contributed by atoms with E-state index in [1.165, 1.54) is 17.3 Å². The molecule has 2 saturated heterocycles. The van der Waals surface area contributed by atoms with Gasteiger partial charge < -0.3 is 14.5 Å². The second-order valence-electron chi connectivity index (χ2n) is 7.97. The summed E-state index contributed by atoms with van der Waals surface area (Å²) < 4.78 is 19.3. The molecule has 2 aromatic rings. The van der Waals surface area contributed by atoms with E-state index in [9.17, 15) is 9.18 Å². The monoisotopic (exact) mass is 431 g/mol. The number of nitrogens with zero attached hydrogens (tertiary/aromatic N) is 3. The molecule has 0 N–H and O–H groups in total. The first-order valence-corrected chi connectivity index (χ1v) is 10.8. The van der Waals surface area contributed by atoms with E-state index in [1.54, 1.807) is 12.1 Å². The Hall–Kier alpha value is -2.15. The highest BCUT2D eigenvalue weighted by Gasteiger charge is 2.27. The van der Waals surface area contributed by atoms with Crippen LogP contribution in [0.1, 0.15) is 17.2 Å². The summed E-state index contributed by atoms with van der Waals surface area (Å²) >= 11 is 5.91. The molecular weight excluding hydrogens is 405 g/mol. The smallest absolute Gasteiger partial charge is 0.236 e. The van der Waals surface area contributed by atoms with Crippen LogP contribution in [0.5, 0.6) is 0 Å². The third-order valence-electron chi connectivity index (χ3n) is 5.82. The van der Waals surface area contributed by atoms with E-state index in [-0.39, 0.29) is 17.0 Å². The van der Waals surface area contributed by atoms with Crippen molar-refractivity contribution in [3.8, 4) is 0 Å². The maximum atomic E-state index is 13.4. The highest BCUT2D eigenvalue weighted by atomic mass is 35.5. The topological polar surface area (TPSA) is 36.0 Å². The molecule has 4 rings (SSSR count). The number of amides is 1. The van der Waals surface area contributed by atoms with Crippen LogP contribution in [0.2, 0.25) is 5.02 Å². The van der Waals surface area contributed by atoms with Crippen LogP contribution in [0.3, 0.4) is 0 Å². The van der Waals surface area contributed by atoms with Gasteiger partial charge in [-0.05, 0) is 42.3 Å². The lowest BCUT2D eigenvalue weighted by Crippen LogP contribution is -2.52. The number of carbonyl (C=O) groups is 1. The van der Waals surface area contributed by atoms with Gasteiger partial charge >= 0.3 is 0 Å². The standard InChI is InChI=1S/C23H27ClFN3O2/c1-17-3-2-4-19(13-17)27-7-9-28(10-8-27)23(29)16-26-11-12-30-22(15-26)18-5-6-21(25)20(24)14-18/h2-6,13-14,22H,7-12,15-16H2,1H3. The third kappa shape index (κ3) is 4.94. The van der Waals surface area contributed by atoms with Crippen molar-refractivity contribution in [2.45, 2.75) is 13.0 Å². The number of rotatable bonds is 4. The molecule has 0 aromatic heterocycles. The Kier molecular flexibility index (Phi) is 6.56. The van der Waals surface area contributed by atoms with E-state index in [1.807, 2.05) is 4.90 Å². The van der Waals surface area contributed by atoms with Crippen molar-refractivity contribution in [2.24, 2.45) is 0 Å². The summed E-state index contributed by atoms with van der Waals surface area (Å²) in [6.07, 6.45) is -0.206. The minimum absolute atomic E-state index is 0.0933. The summed E-state index contributed by atoms with van der Waals surface area (Å²) in [5.41, 5.74) is 3.30. The van der Waals surface area contributed by atoms with Gasteiger partial charge in [0.2, 0.25) is 5.91 Å². The third-order valence-corrected chi connectivity index (χ3v) is 6.11. The Bertz CT molecular complexity index is 902. The van der Waals surface area contributed by atoms with E-state index in [0.29, 0.717) is 26.2 Å². The van der Waals surface area contributed by atoms with E-state index in [0.717, 1.165) is 31.7 Å². The van der Waals surface area contributed by atoms with Crippen molar-refractivity contribution in [1.29, 1.82) is 0 Å². The molecule has 2 fully saturated rings. The van der Waals surface area contributed by atoms with E-state index in [2.05, 4.69) is 41.0 Å². The number of aryl methyl sites for hydroxylation is 1. The van der Waals surface area contributed by atoms with E-state index >= 15 is 0 Å². The van der Waals surface area contributed by atoms with Crippen LogP contribution in [-0.4, -0.2) is 68.1 Å². The lowest BCUT2D eigenvalue weighted by atomic mass is 10.1. The van der Waals surface area contributed by atoms with Crippen LogP contribution in [-0.2, 0) is 9.53 Å². The van der Waals surface area contributed by atoms with Crippen molar-refractivity contribution in [2.75, 3.05) is 57.3 Å². The van der Waals surface area contributed by atoms with Crippen molar-refractivity contribution < 1.29 is 13.9 Å². The summed E-state index contributed by atoms with van der Waals surface area (Å²) in [5.74, 6) is -0.287. The number of anilines is 1. The summed E-state index contributed by atoms with van der Waals surface area (Å²) in [5, 5.41) is 0.0933. The minimum Gasteiger partial charge on any atom is -0.371 e. The van der Waals surface area contributed by atoms with Crippen molar-refractivity contribution in [3.63, 3.8) is 0 Å². The number of halogens is 2. The predicted octanol–water partition coefficient (Wildman–Crippen LogP) is 3.51. The number of carbonyl (C=O) groups excluding carboxylic acids is 1. The molecule has 0 saturated carbocycles. The number of hydrogen-bond acceptors (Lipinski definition) is 4. The zero-order valence-electron chi connectivity index (χ0n) is 17.2. The summed E-state index contributed by atoms with van der Waals surface area (Å²) in [6, 6.07) is 13.1. The molecule has 0 radical (unpaired) electrons. The number of piperazine rings is 1. The molecule has 5 nitrogen and oxygen atoms in total. The number of morpholine rings is 1. The first-order chi connectivity index (χ1) is 14.5. The molecule has 2 aliphatic heterocycles. The lowest BCUT2D eigenvalue weighted by Gasteiger charge is -2.38. The largest absolute Gasteiger partial charge is 0.371 e. The van der Waals surface area contributed by atoms with Crippen LogP contribution < -0.4 is 4.90 Å². The Labute approximate surface area is 182 Å². The van der Waals surface area contributed by atoms with Gasteiger partial charge in [0.05, 0.1) is 24.3 Å². The molecule has 0 spiro atoms. The molecule has 160 valence electrons. The minimum atomic E-state index is -0.437. The Morgan fingerprint density at radius 1 is 1.13 bits per heavy atom.